The van der Waals surface area contributed by atoms with Crippen molar-refractivity contribution in [2.45, 2.75) is 0 Å². The van der Waals surface area contributed by atoms with E-state index in [4.69, 9.17) is 14.2 Å². The highest BCUT2D eigenvalue weighted by molar-refractivity contribution is 5.58. The van der Waals surface area contributed by atoms with Crippen LogP contribution in [0.5, 0.6) is 17.2 Å². The molecule has 0 saturated heterocycles. The summed E-state index contributed by atoms with van der Waals surface area (Å²) < 4.78 is 16.0. The summed E-state index contributed by atoms with van der Waals surface area (Å²) in [6.45, 7) is 0. The number of nitrogens with zero attached hydrogens (tertiary/aromatic N) is 2. The fourth-order valence-electron chi connectivity index (χ4n) is 2.43. The SMILES string of the molecule is COc1cc(C#Cc2cncc(C#Cc3ccccc3)n2)cc(OC)c1OC. The molecule has 3 aromatic rings. The van der Waals surface area contributed by atoms with Crippen molar-refractivity contribution in [2.24, 2.45) is 0 Å². The Balaban J connectivity index is 1.88. The van der Waals surface area contributed by atoms with Crippen LogP contribution in [0, 0.1) is 23.7 Å². The lowest BCUT2D eigenvalue weighted by Gasteiger charge is -2.12. The Morgan fingerprint density at radius 1 is 0.679 bits per heavy atom. The Morgan fingerprint density at radius 2 is 1.25 bits per heavy atom. The van der Waals surface area contributed by atoms with E-state index in [1.54, 1.807) is 45.9 Å². The largest absolute Gasteiger partial charge is 0.493 e. The standard InChI is InChI=1S/C23H18N2O3/c1-26-21-13-18(14-22(27-2)23(21)28-3)10-12-20-16-24-15-19(25-20)11-9-17-7-5-4-6-8-17/h4-8,13-16H,1-3H3. The van der Waals surface area contributed by atoms with E-state index in [1.807, 2.05) is 30.3 Å². The van der Waals surface area contributed by atoms with Crippen molar-refractivity contribution in [3.05, 3.63) is 77.4 Å². The van der Waals surface area contributed by atoms with Crippen LogP contribution >= 0.6 is 0 Å². The van der Waals surface area contributed by atoms with Crippen molar-refractivity contribution in [1.82, 2.24) is 9.97 Å². The predicted molar refractivity (Wildman–Crippen MR) is 107 cm³/mol. The Labute approximate surface area is 164 Å². The van der Waals surface area contributed by atoms with Crippen molar-refractivity contribution in [3.8, 4) is 40.9 Å². The molecule has 5 nitrogen and oxygen atoms in total. The van der Waals surface area contributed by atoms with Gasteiger partial charge >= 0.3 is 0 Å². The number of ether oxygens (including phenoxy) is 3. The van der Waals surface area contributed by atoms with Crippen molar-refractivity contribution in [3.63, 3.8) is 0 Å². The van der Waals surface area contributed by atoms with Crippen molar-refractivity contribution >= 4 is 0 Å². The average molecular weight is 370 g/mol. The summed E-state index contributed by atoms with van der Waals surface area (Å²) in [5.74, 6) is 13.7. The molecule has 0 saturated carbocycles. The van der Waals surface area contributed by atoms with Gasteiger partial charge in [0.2, 0.25) is 5.75 Å². The molecule has 2 aromatic carbocycles. The molecule has 0 fully saturated rings. The second-order valence-corrected chi connectivity index (χ2v) is 5.57. The van der Waals surface area contributed by atoms with Crippen LogP contribution < -0.4 is 14.2 Å². The van der Waals surface area contributed by atoms with Crippen LogP contribution in [-0.2, 0) is 0 Å². The molecule has 1 heterocycles. The van der Waals surface area contributed by atoms with Gasteiger partial charge in [0.25, 0.3) is 0 Å². The summed E-state index contributed by atoms with van der Waals surface area (Å²) in [7, 11) is 4.69. The summed E-state index contributed by atoms with van der Waals surface area (Å²) in [6.07, 6.45) is 3.21. The fourth-order valence-corrected chi connectivity index (χ4v) is 2.43. The Morgan fingerprint density at radius 3 is 1.79 bits per heavy atom. The molecular formula is C23H18N2O3. The van der Waals surface area contributed by atoms with Crippen LogP contribution in [0.3, 0.4) is 0 Å². The second-order valence-electron chi connectivity index (χ2n) is 5.57. The highest BCUT2D eigenvalue weighted by atomic mass is 16.5. The van der Waals surface area contributed by atoms with Crippen LogP contribution in [0.2, 0.25) is 0 Å². The molecule has 0 aliphatic heterocycles. The van der Waals surface area contributed by atoms with Gasteiger partial charge in [-0.05, 0) is 36.1 Å². The van der Waals surface area contributed by atoms with E-state index in [1.165, 1.54) is 0 Å². The summed E-state index contributed by atoms with van der Waals surface area (Å²) in [5.41, 5.74) is 2.70. The fraction of sp³-hybridized carbons (Fsp3) is 0.130. The Hall–Kier alpha value is -3.96. The molecule has 0 atom stereocenters. The molecule has 0 aliphatic carbocycles. The maximum atomic E-state index is 5.35. The monoisotopic (exact) mass is 370 g/mol. The zero-order valence-electron chi connectivity index (χ0n) is 15.8. The van der Waals surface area contributed by atoms with Gasteiger partial charge in [-0.25, -0.2) is 4.98 Å². The number of hydrogen-bond acceptors (Lipinski definition) is 5. The van der Waals surface area contributed by atoms with E-state index in [9.17, 15) is 0 Å². The smallest absolute Gasteiger partial charge is 0.203 e. The molecule has 0 amide bonds. The first-order valence-electron chi connectivity index (χ1n) is 8.44. The van der Waals surface area contributed by atoms with Gasteiger partial charge in [0.1, 0.15) is 11.4 Å². The normalized spacial score (nSPS) is 9.39. The minimum Gasteiger partial charge on any atom is -0.493 e. The molecule has 3 rings (SSSR count). The number of hydrogen-bond donors (Lipinski definition) is 0. The first-order valence-corrected chi connectivity index (χ1v) is 8.44. The van der Waals surface area contributed by atoms with Crippen molar-refractivity contribution in [1.29, 1.82) is 0 Å². The second kappa shape index (κ2) is 9.12. The van der Waals surface area contributed by atoms with Gasteiger partial charge in [-0.2, -0.15) is 0 Å². The Kier molecular flexibility index (Phi) is 6.13. The van der Waals surface area contributed by atoms with Gasteiger partial charge in [0.05, 0.1) is 33.7 Å². The van der Waals surface area contributed by atoms with Gasteiger partial charge in [0, 0.05) is 11.1 Å². The van der Waals surface area contributed by atoms with Crippen LogP contribution in [0.1, 0.15) is 22.5 Å². The van der Waals surface area contributed by atoms with Crippen LogP contribution in [0.25, 0.3) is 0 Å². The van der Waals surface area contributed by atoms with Gasteiger partial charge in [-0.15, -0.1) is 0 Å². The topological polar surface area (TPSA) is 53.5 Å². The zero-order valence-corrected chi connectivity index (χ0v) is 15.8. The van der Waals surface area contributed by atoms with Crippen LogP contribution in [0.15, 0.2) is 54.9 Å². The summed E-state index contributed by atoms with van der Waals surface area (Å²) >= 11 is 0. The van der Waals surface area contributed by atoms with E-state index in [2.05, 4.69) is 33.6 Å². The van der Waals surface area contributed by atoms with Gasteiger partial charge in [-0.3, -0.25) is 4.98 Å². The van der Waals surface area contributed by atoms with Crippen molar-refractivity contribution in [2.75, 3.05) is 21.3 Å². The highest BCUT2D eigenvalue weighted by Crippen LogP contribution is 2.37. The average Bonchev–Trinajstić information content (AvgIpc) is 2.76. The molecule has 138 valence electrons. The minimum absolute atomic E-state index is 0.522. The molecule has 0 N–H and O–H groups in total. The van der Waals surface area contributed by atoms with Gasteiger partial charge in [0.15, 0.2) is 11.5 Å². The minimum atomic E-state index is 0.522. The first kappa shape index (κ1) is 18.8. The summed E-state index contributed by atoms with van der Waals surface area (Å²) in [5, 5.41) is 0. The summed E-state index contributed by atoms with van der Waals surface area (Å²) in [6, 6.07) is 13.3. The third kappa shape index (κ3) is 4.60. The molecule has 0 aliphatic rings. The molecule has 0 radical (unpaired) electrons. The van der Waals surface area contributed by atoms with E-state index < -0.39 is 0 Å². The lowest BCUT2D eigenvalue weighted by atomic mass is 10.2. The number of methoxy groups -OCH3 is 3. The molecule has 5 heteroatoms. The highest BCUT2D eigenvalue weighted by Gasteiger charge is 2.12. The summed E-state index contributed by atoms with van der Waals surface area (Å²) in [4.78, 5) is 8.59. The van der Waals surface area contributed by atoms with E-state index in [0.29, 0.717) is 34.2 Å². The predicted octanol–water partition coefficient (Wildman–Crippen LogP) is 3.30. The van der Waals surface area contributed by atoms with E-state index in [0.717, 1.165) is 5.56 Å². The number of aromatic nitrogens is 2. The van der Waals surface area contributed by atoms with Crippen LogP contribution in [-0.4, -0.2) is 31.3 Å². The molecule has 0 unspecified atom stereocenters. The van der Waals surface area contributed by atoms with Gasteiger partial charge in [-0.1, -0.05) is 30.0 Å². The molecular weight excluding hydrogens is 352 g/mol. The third-order valence-corrected chi connectivity index (χ3v) is 3.74. The van der Waals surface area contributed by atoms with E-state index >= 15 is 0 Å². The zero-order chi connectivity index (χ0) is 19.8. The Bertz CT molecular complexity index is 1060. The van der Waals surface area contributed by atoms with Gasteiger partial charge < -0.3 is 14.2 Å². The lowest BCUT2D eigenvalue weighted by molar-refractivity contribution is 0.324. The third-order valence-electron chi connectivity index (χ3n) is 3.74. The first-order chi connectivity index (χ1) is 13.7. The maximum Gasteiger partial charge on any atom is 0.203 e. The number of rotatable bonds is 3. The maximum absolute atomic E-state index is 5.35. The molecule has 1 aromatic heterocycles. The quantitative estimate of drug-likeness (QED) is 0.662. The van der Waals surface area contributed by atoms with E-state index in [-0.39, 0.29) is 0 Å². The molecule has 28 heavy (non-hydrogen) atoms. The van der Waals surface area contributed by atoms with Crippen molar-refractivity contribution < 1.29 is 14.2 Å². The molecule has 0 bridgehead atoms. The number of benzene rings is 2. The van der Waals surface area contributed by atoms with Crippen LogP contribution in [0.4, 0.5) is 0 Å². The molecule has 0 spiro atoms. The lowest BCUT2D eigenvalue weighted by Crippen LogP contribution is -1.96.